The van der Waals surface area contributed by atoms with Gasteiger partial charge < -0.3 is 4.74 Å². The first-order valence-electron chi connectivity index (χ1n) is 10.3. The number of nitrogens with zero attached hydrogens (tertiary/aromatic N) is 3. The lowest BCUT2D eigenvalue weighted by Gasteiger charge is -2.35. The number of hydrogen-bond acceptors (Lipinski definition) is 4. The molecule has 2 fully saturated rings. The summed E-state index contributed by atoms with van der Waals surface area (Å²) in [5.74, 6) is 1.66. The van der Waals surface area contributed by atoms with Crippen LogP contribution in [0.5, 0.6) is 5.75 Å². The molecule has 0 amide bonds. The fourth-order valence-electron chi connectivity index (χ4n) is 4.09. The van der Waals surface area contributed by atoms with Crippen LogP contribution < -0.4 is 4.74 Å². The monoisotopic (exact) mass is 399 g/mol. The zero-order valence-corrected chi connectivity index (χ0v) is 16.8. The van der Waals surface area contributed by atoms with Crippen LogP contribution in [-0.2, 0) is 6.54 Å². The molecule has 1 unspecified atom stereocenters. The Balaban J connectivity index is 1.35. The number of rotatable bonds is 7. The molecule has 0 aromatic heterocycles. The average Bonchev–Trinajstić information content (AvgIpc) is 2.64. The van der Waals surface area contributed by atoms with E-state index in [1.807, 2.05) is 12.1 Å². The van der Waals surface area contributed by atoms with Crippen molar-refractivity contribution in [2.24, 2.45) is 5.92 Å². The molecule has 7 heteroatoms. The summed E-state index contributed by atoms with van der Waals surface area (Å²) in [6.07, 6.45) is -1.50. The molecule has 3 rings (SSSR count). The summed E-state index contributed by atoms with van der Waals surface area (Å²) >= 11 is 0. The standard InChI is InChI=1S/C21H32F3N3O/c1-18-3-2-8-25(15-18)13-14-28-20-6-4-19(5-7-20)16-26-9-11-27(12-10-26)17-21(22,23)24/h4-7,18H,2-3,8-17H2,1H3. The van der Waals surface area contributed by atoms with Crippen molar-refractivity contribution < 1.29 is 17.9 Å². The molecule has 0 saturated carbocycles. The van der Waals surface area contributed by atoms with Gasteiger partial charge in [-0.1, -0.05) is 19.1 Å². The number of ether oxygens (including phenoxy) is 1. The van der Waals surface area contributed by atoms with Crippen LogP contribution in [0.1, 0.15) is 25.3 Å². The van der Waals surface area contributed by atoms with E-state index < -0.39 is 12.7 Å². The number of alkyl halides is 3. The van der Waals surface area contributed by atoms with Crippen molar-refractivity contribution in [3.8, 4) is 5.75 Å². The Morgan fingerprint density at radius 1 is 0.964 bits per heavy atom. The van der Waals surface area contributed by atoms with Crippen molar-refractivity contribution in [2.45, 2.75) is 32.5 Å². The molecule has 4 nitrogen and oxygen atoms in total. The number of piperidine rings is 1. The Morgan fingerprint density at radius 2 is 1.64 bits per heavy atom. The van der Waals surface area contributed by atoms with Crippen LogP contribution >= 0.6 is 0 Å². The number of benzene rings is 1. The smallest absolute Gasteiger partial charge is 0.401 e. The Labute approximate surface area is 166 Å². The Morgan fingerprint density at radius 3 is 2.29 bits per heavy atom. The van der Waals surface area contributed by atoms with Crippen molar-refractivity contribution in [1.82, 2.24) is 14.7 Å². The summed E-state index contributed by atoms with van der Waals surface area (Å²) in [5.41, 5.74) is 1.17. The minimum Gasteiger partial charge on any atom is -0.492 e. The van der Waals surface area contributed by atoms with E-state index in [1.54, 1.807) is 0 Å². The summed E-state index contributed by atoms with van der Waals surface area (Å²) < 4.78 is 43.3. The fourth-order valence-corrected chi connectivity index (χ4v) is 4.09. The molecule has 2 aliphatic rings. The molecule has 2 heterocycles. The lowest BCUT2D eigenvalue weighted by molar-refractivity contribution is -0.149. The van der Waals surface area contributed by atoms with Gasteiger partial charge in [-0.3, -0.25) is 14.7 Å². The van der Waals surface area contributed by atoms with E-state index in [0.717, 1.165) is 24.8 Å². The molecule has 2 saturated heterocycles. The van der Waals surface area contributed by atoms with Gasteiger partial charge in [-0.25, -0.2) is 0 Å². The number of piperazine rings is 1. The lowest BCUT2D eigenvalue weighted by atomic mass is 10.0. The van der Waals surface area contributed by atoms with Crippen molar-refractivity contribution >= 4 is 0 Å². The van der Waals surface area contributed by atoms with Gasteiger partial charge in [-0.2, -0.15) is 13.2 Å². The average molecular weight is 400 g/mol. The van der Waals surface area contributed by atoms with Crippen LogP contribution in [0.2, 0.25) is 0 Å². The van der Waals surface area contributed by atoms with Crippen molar-refractivity contribution in [1.29, 1.82) is 0 Å². The minimum atomic E-state index is -4.11. The Kier molecular flexibility index (Phi) is 7.60. The lowest BCUT2D eigenvalue weighted by Crippen LogP contribution is -2.48. The van der Waals surface area contributed by atoms with Gasteiger partial charge in [-0.05, 0) is 43.0 Å². The normalized spacial score (nSPS) is 23.1. The maximum atomic E-state index is 12.5. The summed E-state index contributed by atoms with van der Waals surface area (Å²) in [5, 5.41) is 0. The van der Waals surface area contributed by atoms with Crippen LogP contribution in [0.4, 0.5) is 13.2 Å². The number of likely N-dealkylation sites (tertiary alicyclic amines) is 1. The van der Waals surface area contributed by atoms with Gasteiger partial charge in [0.05, 0.1) is 6.54 Å². The van der Waals surface area contributed by atoms with E-state index in [0.29, 0.717) is 32.8 Å². The first kappa shape index (κ1) is 21.4. The zero-order chi connectivity index (χ0) is 20.0. The molecule has 28 heavy (non-hydrogen) atoms. The highest BCUT2D eigenvalue weighted by Gasteiger charge is 2.32. The second-order valence-electron chi connectivity index (χ2n) is 8.21. The van der Waals surface area contributed by atoms with E-state index in [2.05, 4.69) is 28.9 Å². The third-order valence-electron chi connectivity index (χ3n) is 5.61. The molecule has 1 aromatic rings. The summed E-state index contributed by atoms with van der Waals surface area (Å²) in [6.45, 7) is 8.55. The minimum absolute atomic E-state index is 0.468. The number of hydrogen-bond donors (Lipinski definition) is 0. The van der Waals surface area contributed by atoms with Gasteiger partial charge in [0.2, 0.25) is 0 Å². The van der Waals surface area contributed by atoms with Crippen LogP contribution in [0, 0.1) is 5.92 Å². The second kappa shape index (κ2) is 9.94. The van der Waals surface area contributed by atoms with Gasteiger partial charge in [-0.15, -0.1) is 0 Å². The first-order chi connectivity index (χ1) is 13.4. The van der Waals surface area contributed by atoms with Crippen LogP contribution in [0.15, 0.2) is 24.3 Å². The zero-order valence-electron chi connectivity index (χ0n) is 16.8. The van der Waals surface area contributed by atoms with Crippen LogP contribution in [0.25, 0.3) is 0 Å². The highest BCUT2D eigenvalue weighted by atomic mass is 19.4. The van der Waals surface area contributed by atoms with Gasteiger partial charge in [0.15, 0.2) is 0 Å². The molecule has 0 aliphatic carbocycles. The third-order valence-corrected chi connectivity index (χ3v) is 5.61. The molecule has 0 spiro atoms. The highest BCUT2D eigenvalue weighted by Crippen LogP contribution is 2.19. The quantitative estimate of drug-likeness (QED) is 0.699. The van der Waals surface area contributed by atoms with Crippen LogP contribution in [0.3, 0.4) is 0 Å². The van der Waals surface area contributed by atoms with E-state index in [4.69, 9.17) is 4.74 Å². The van der Waals surface area contributed by atoms with Crippen molar-refractivity contribution in [3.63, 3.8) is 0 Å². The van der Waals surface area contributed by atoms with E-state index in [9.17, 15) is 13.2 Å². The molecule has 1 aromatic carbocycles. The second-order valence-corrected chi connectivity index (χ2v) is 8.21. The van der Waals surface area contributed by atoms with Crippen molar-refractivity contribution in [2.75, 3.05) is 59.0 Å². The first-order valence-corrected chi connectivity index (χ1v) is 10.3. The third kappa shape index (κ3) is 7.26. The summed E-state index contributed by atoms with van der Waals surface area (Å²) in [4.78, 5) is 6.16. The molecular formula is C21H32F3N3O. The molecular weight excluding hydrogens is 367 g/mol. The van der Waals surface area contributed by atoms with E-state index >= 15 is 0 Å². The molecule has 2 aliphatic heterocycles. The molecule has 0 radical (unpaired) electrons. The summed E-state index contributed by atoms with van der Waals surface area (Å²) in [6, 6.07) is 8.10. The molecule has 1 atom stereocenters. The SMILES string of the molecule is CC1CCCN(CCOc2ccc(CN3CCN(CC(F)(F)F)CC3)cc2)C1. The largest absolute Gasteiger partial charge is 0.492 e. The van der Waals surface area contributed by atoms with Gasteiger partial charge in [0.25, 0.3) is 0 Å². The summed E-state index contributed by atoms with van der Waals surface area (Å²) in [7, 11) is 0. The molecule has 0 N–H and O–H groups in total. The molecule has 0 bridgehead atoms. The fraction of sp³-hybridized carbons (Fsp3) is 0.714. The Hall–Kier alpha value is -1.31. The maximum Gasteiger partial charge on any atom is 0.401 e. The van der Waals surface area contributed by atoms with Crippen LogP contribution in [-0.4, -0.2) is 79.8 Å². The van der Waals surface area contributed by atoms with Crippen molar-refractivity contribution in [3.05, 3.63) is 29.8 Å². The van der Waals surface area contributed by atoms with Gasteiger partial charge >= 0.3 is 6.18 Å². The van der Waals surface area contributed by atoms with E-state index in [1.165, 1.54) is 36.4 Å². The number of halogens is 3. The predicted molar refractivity (Wildman–Crippen MR) is 105 cm³/mol. The van der Waals surface area contributed by atoms with Gasteiger partial charge in [0, 0.05) is 45.8 Å². The topological polar surface area (TPSA) is 19.0 Å². The molecule has 158 valence electrons. The maximum absolute atomic E-state index is 12.5. The Bertz CT molecular complexity index is 586. The van der Waals surface area contributed by atoms with Gasteiger partial charge in [0.1, 0.15) is 12.4 Å². The highest BCUT2D eigenvalue weighted by molar-refractivity contribution is 5.27. The van der Waals surface area contributed by atoms with E-state index in [-0.39, 0.29) is 0 Å². The predicted octanol–water partition coefficient (Wildman–Crippen LogP) is 3.48.